The summed E-state index contributed by atoms with van der Waals surface area (Å²) < 4.78 is 14.0. The Morgan fingerprint density at radius 2 is 2.00 bits per heavy atom. The minimum Gasteiger partial charge on any atom is -0.369 e. The first kappa shape index (κ1) is 14.0. The second-order valence-electron chi connectivity index (χ2n) is 4.71. The van der Waals surface area contributed by atoms with E-state index in [2.05, 4.69) is 13.8 Å². The molecule has 2 N–H and O–H groups in total. The van der Waals surface area contributed by atoms with Crippen LogP contribution in [-0.4, -0.2) is 13.1 Å². The zero-order chi connectivity index (χ0) is 13.0. The minimum atomic E-state index is -0.190. The summed E-state index contributed by atoms with van der Waals surface area (Å²) in [6.45, 7) is 6.13. The summed E-state index contributed by atoms with van der Waals surface area (Å²) in [5.74, 6) is -0.190. The molecule has 0 radical (unpaired) electrons. The Morgan fingerprint density at radius 1 is 1.35 bits per heavy atom. The number of anilines is 1. The van der Waals surface area contributed by atoms with Crippen LogP contribution >= 0.6 is 0 Å². The average Bonchev–Trinajstić information content (AvgIpc) is 2.28. The fourth-order valence-corrected chi connectivity index (χ4v) is 2.10. The molecule has 1 unspecified atom stereocenters. The van der Waals surface area contributed by atoms with Crippen molar-refractivity contribution in [2.24, 2.45) is 5.73 Å². The molecule has 17 heavy (non-hydrogen) atoms. The molecule has 0 aliphatic rings. The number of hydrogen-bond acceptors (Lipinski definition) is 2. The predicted octanol–water partition coefficient (Wildman–Crippen LogP) is 3.47. The fraction of sp³-hybridized carbons (Fsp3) is 0.571. The Kier molecular flexibility index (Phi) is 4.94. The summed E-state index contributed by atoms with van der Waals surface area (Å²) in [5.41, 5.74) is 7.41. The molecule has 0 saturated heterocycles. The van der Waals surface area contributed by atoms with Crippen molar-refractivity contribution in [1.82, 2.24) is 0 Å². The Balaban J connectivity index is 3.10. The van der Waals surface area contributed by atoms with Crippen LogP contribution in [0.1, 0.15) is 45.2 Å². The van der Waals surface area contributed by atoms with Gasteiger partial charge in [0, 0.05) is 19.1 Å². The fourth-order valence-electron chi connectivity index (χ4n) is 2.10. The second-order valence-corrected chi connectivity index (χ2v) is 4.71. The van der Waals surface area contributed by atoms with Gasteiger partial charge in [-0.3, -0.25) is 0 Å². The highest BCUT2D eigenvalue weighted by atomic mass is 19.1. The average molecular weight is 238 g/mol. The quantitative estimate of drug-likeness (QED) is 0.851. The lowest BCUT2D eigenvalue weighted by Crippen LogP contribution is -2.31. The molecule has 2 atom stereocenters. The second kappa shape index (κ2) is 6.01. The van der Waals surface area contributed by atoms with E-state index in [0.29, 0.717) is 11.7 Å². The van der Waals surface area contributed by atoms with Crippen molar-refractivity contribution in [3.63, 3.8) is 0 Å². The zero-order valence-electron chi connectivity index (χ0n) is 11.2. The van der Waals surface area contributed by atoms with Gasteiger partial charge >= 0.3 is 0 Å². The minimum absolute atomic E-state index is 0.156. The Labute approximate surface area is 104 Å². The summed E-state index contributed by atoms with van der Waals surface area (Å²) in [4.78, 5) is 2.00. The van der Waals surface area contributed by atoms with E-state index >= 15 is 0 Å². The Morgan fingerprint density at radius 3 is 2.53 bits per heavy atom. The third-order valence-corrected chi connectivity index (χ3v) is 3.23. The summed E-state index contributed by atoms with van der Waals surface area (Å²) in [5, 5.41) is 0. The molecule has 0 aliphatic heterocycles. The summed E-state index contributed by atoms with van der Waals surface area (Å²) in [6.07, 6.45) is 2.14. The Bertz CT molecular complexity index is 363. The standard InChI is InChI=1S/C14H23FN2/c1-5-7-10(2)17(4)14-12(11(3)16)8-6-9-13(14)15/h6,8-11H,5,7,16H2,1-4H3/t10?,11-/m1/s1. The van der Waals surface area contributed by atoms with Crippen molar-refractivity contribution < 1.29 is 4.39 Å². The highest BCUT2D eigenvalue weighted by Gasteiger charge is 2.18. The van der Waals surface area contributed by atoms with Crippen molar-refractivity contribution in [2.75, 3.05) is 11.9 Å². The maximum atomic E-state index is 14.0. The Hall–Kier alpha value is -1.09. The molecule has 0 amide bonds. The van der Waals surface area contributed by atoms with Crippen molar-refractivity contribution in [3.05, 3.63) is 29.6 Å². The molecule has 0 bridgehead atoms. The summed E-state index contributed by atoms with van der Waals surface area (Å²) in [6, 6.07) is 5.27. The SMILES string of the molecule is CCCC(C)N(C)c1c(F)cccc1[C@@H](C)N. The number of rotatable bonds is 5. The molecule has 0 aromatic heterocycles. The van der Waals surface area contributed by atoms with Crippen LogP contribution < -0.4 is 10.6 Å². The lowest BCUT2D eigenvalue weighted by Gasteiger charge is -2.30. The van der Waals surface area contributed by atoms with E-state index in [-0.39, 0.29) is 11.9 Å². The number of benzene rings is 1. The molecule has 1 aromatic rings. The highest BCUT2D eigenvalue weighted by Crippen LogP contribution is 2.29. The molecular formula is C14H23FN2. The van der Waals surface area contributed by atoms with Crippen molar-refractivity contribution >= 4 is 5.69 Å². The third-order valence-electron chi connectivity index (χ3n) is 3.23. The van der Waals surface area contributed by atoms with Crippen LogP contribution in [0, 0.1) is 5.82 Å². The number of halogens is 1. The molecule has 1 aromatic carbocycles. The van der Waals surface area contributed by atoms with Crippen LogP contribution in [0.5, 0.6) is 0 Å². The molecule has 0 saturated carbocycles. The number of para-hydroxylation sites is 1. The molecule has 96 valence electrons. The van der Waals surface area contributed by atoms with Gasteiger partial charge in [0.05, 0.1) is 5.69 Å². The predicted molar refractivity (Wildman–Crippen MR) is 71.8 cm³/mol. The largest absolute Gasteiger partial charge is 0.369 e. The van der Waals surface area contributed by atoms with E-state index < -0.39 is 0 Å². The molecule has 0 heterocycles. The molecular weight excluding hydrogens is 215 g/mol. The first-order chi connectivity index (χ1) is 7.99. The topological polar surface area (TPSA) is 29.3 Å². The van der Waals surface area contributed by atoms with Gasteiger partial charge in [0.15, 0.2) is 0 Å². The molecule has 0 spiro atoms. The van der Waals surface area contributed by atoms with E-state index in [1.807, 2.05) is 24.9 Å². The van der Waals surface area contributed by atoms with E-state index in [1.54, 1.807) is 6.07 Å². The van der Waals surface area contributed by atoms with Crippen LogP contribution in [-0.2, 0) is 0 Å². The number of nitrogens with two attached hydrogens (primary N) is 1. The zero-order valence-corrected chi connectivity index (χ0v) is 11.2. The van der Waals surface area contributed by atoms with Crippen molar-refractivity contribution in [1.29, 1.82) is 0 Å². The van der Waals surface area contributed by atoms with Gasteiger partial charge in [-0.15, -0.1) is 0 Å². The molecule has 2 nitrogen and oxygen atoms in total. The summed E-state index contributed by atoms with van der Waals surface area (Å²) in [7, 11) is 1.94. The smallest absolute Gasteiger partial charge is 0.146 e. The highest BCUT2D eigenvalue weighted by molar-refractivity contribution is 5.56. The van der Waals surface area contributed by atoms with Crippen molar-refractivity contribution in [2.45, 2.75) is 45.7 Å². The van der Waals surface area contributed by atoms with Crippen LogP contribution in [0.2, 0.25) is 0 Å². The first-order valence-corrected chi connectivity index (χ1v) is 6.25. The van der Waals surface area contributed by atoms with Gasteiger partial charge < -0.3 is 10.6 Å². The first-order valence-electron chi connectivity index (χ1n) is 6.25. The van der Waals surface area contributed by atoms with Gasteiger partial charge in [-0.25, -0.2) is 4.39 Å². The van der Waals surface area contributed by atoms with E-state index in [0.717, 1.165) is 18.4 Å². The van der Waals surface area contributed by atoms with Crippen molar-refractivity contribution in [3.8, 4) is 0 Å². The lowest BCUT2D eigenvalue weighted by atomic mass is 10.0. The van der Waals surface area contributed by atoms with Crippen LogP contribution in [0.15, 0.2) is 18.2 Å². The maximum absolute atomic E-state index is 14.0. The lowest BCUT2D eigenvalue weighted by molar-refractivity contribution is 0.576. The molecule has 0 aliphatic carbocycles. The van der Waals surface area contributed by atoms with Gasteiger partial charge in [0.25, 0.3) is 0 Å². The van der Waals surface area contributed by atoms with E-state index in [1.165, 1.54) is 6.07 Å². The van der Waals surface area contributed by atoms with E-state index in [9.17, 15) is 4.39 Å². The molecule has 3 heteroatoms. The number of hydrogen-bond donors (Lipinski definition) is 1. The van der Waals surface area contributed by atoms with E-state index in [4.69, 9.17) is 5.73 Å². The van der Waals surface area contributed by atoms with Crippen LogP contribution in [0.25, 0.3) is 0 Å². The van der Waals surface area contributed by atoms with Crippen LogP contribution in [0.3, 0.4) is 0 Å². The van der Waals surface area contributed by atoms with Crippen LogP contribution in [0.4, 0.5) is 10.1 Å². The van der Waals surface area contributed by atoms with Gasteiger partial charge in [0.2, 0.25) is 0 Å². The number of nitrogens with zero attached hydrogens (tertiary/aromatic N) is 1. The monoisotopic (exact) mass is 238 g/mol. The molecule has 0 fully saturated rings. The third kappa shape index (κ3) is 3.19. The summed E-state index contributed by atoms with van der Waals surface area (Å²) >= 11 is 0. The van der Waals surface area contributed by atoms with Gasteiger partial charge in [0.1, 0.15) is 5.82 Å². The van der Waals surface area contributed by atoms with Gasteiger partial charge in [-0.05, 0) is 31.9 Å². The maximum Gasteiger partial charge on any atom is 0.146 e. The molecule has 1 rings (SSSR count). The normalized spacial score (nSPS) is 14.5. The van der Waals surface area contributed by atoms with Gasteiger partial charge in [-0.1, -0.05) is 25.5 Å². The van der Waals surface area contributed by atoms with Gasteiger partial charge in [-0.2, -0.15) is 0 Å².